The molecule has 0 bridgehead atoms. The number of ketones is 3. The molecule has 8 nitrogen and oxygen atoms in total. The Morgan fingerprint density at radius 3 is 2.46 bits per heavy atom. The zero-order chi connectivity index (χ0) is 29.2. The highest BCUT2D eigenvalue weighted by Crippen LogP contribution is 2.57. The minimum absolute atomic E-state index is 0.119. The Bertz CT molecular complexity index is 1650. The normalized spacial score (nSPS) is 25.4. The van der Waals surface area contributed by atoms with Gasteiger partial charge in [0.15, 0.2) is 28.8 Å². The van der Waals surface area contributed by atoms with Crippen LogP contribution in [0.2, 0.25) is 0 Å². The second kappa shape index (κ2) is 10.1. The molecule has 0 saturated carbocycles. The van der Waals surface area contributed by atoms with E-state index in [2.05, 4.69) is 15.9 Å². The molecule has 6 rings (SSSR count). The number of amides is 2. The van der Waals surface area contributed by atoms with Crippen LogP contribution in [0.15, 0.2) is 75.8 Å². The highest BCUT2D eigenvalue weighted by molar-refractivity contribution is 9.12. The zero-order valence-corrected chi connectivity index (χ0v) is 23.9. The van der Waals surface area contributed by atoms with Gasteiger partial charge in [0.25, 0.3) is 0 Å². The number of fused-ring (bicyclic) bond motifs is 3. The summed E-state index contributed by atoms with van der Waals surface area (Å²) in [5.41, 5.74) is 2.54. The molecule has 1 aliphatic heterocycles. The van der Waals surface area contributed by atoms with Gasteiger partial charge in [0, 0.05) is 34.3 Å². The topological polar surface area (TPSA) is 118 Å². The maximum Gasteiger partial charge on any atom is 0.238 e. The fourth-order valence-corrected chi connectivity index (χ4v) is 7.15. The van der Waals surface area contributed by atoms with Gasteiger partial charge >= 0.3 is 0 Å². The van der Waals surface area contributed by atoms with Gasteiger partial charge < -0.3 is 9.84 Å². The molecule has 0 radical (unpaired) electrons. The Kier molecular flexibility index (Phi) is 6.65. The molecule has 9 heteroatoms. The van der Waals surface area contributed by atoms with Crippen LogP contribution in [0.1, 0.15) is 48.5 Å². The van der Waals surface area contributed by atoms with Crippen molar-refractivity contribution in [3.63, 3.8) is 0 Å². The van der Waals surface area contributed by atoms with E-state index >= 15 is 0 Å². The van der Waals surface area contributed by atoms with Crippen molar-refractivity contribution in [2.75, 3.05) is 11.5 Å². The first-order valence-electron chi connectivity index (χ1n) is 13.5. The number of benzene rings is 2. The van der Waals surface area contributed by atoms with Crippen LogP contribution < -0.4 is 9.64 Å². The molecule has 4 unspecified atom stereocenters. The number of carbonyl (C=O) groups is 5. The van der Waals surface area contributed by atoms with Gasteiger partial charge in [-0.3, -0.25) is 28.9 Å². The fourth-order valence-electron chi connectivity index (χ4n) is 6.71. The number of nitrogens with zero attached hydrogens (tertiary/aromatic N) is 1. The van der Waals surface area contributed by atoms with Crippen LogP contribution >= 0.6 is 15.9 Å². The molecule has 3 aliphatic carbocycles. The fraction of sp³-hybridized carbons (Fsp3) is 0.281. The van der Waals surface area contributed by atoms with E-state index in [9.17, 15) is 29.1 Å². The maximum absolute atomic E-state index is 14.0. The SMILES string of the molecule is CCOc1cccc(C2C3=CCC4C(=O)N(c5ccc(C(C)=O)cc5)C(=O)C4C3CC3=C2C(=O)C=C(Br)C3=O)c1O. The van der Waals surface area contributed by atoms with E-state index in [0.717, 1.165) is 5.57 Å². The lowest BCUT2D eigenvalue weighted by atomic mass is 9.59. The lowest BCUT2D eigenvalue weighted by molar-refractivity contribution is -0.123. The lowest BCUT2D eigenvalue weighted by Gasteiger charge is -2.42. The summed E-state index contributed by atoms with van der Waals surface area (Å²) in [4.78, 5) is 67.3. The molecule has 0 spiro atoms. The average Bonchev–Trinajstić information content (AvgIpc) is 3.21. The standard InChI is InChI=1S/C32H26BrNO7/c1-3-41-25-6-4-5-19(30(25)38)26-18-11-12-20-27(21(18)13-22-28(26)24(36)14-23(33)29(22)37)32(40)34(31(20)39)17-9-7-16(8-10-17)15(2)35/h4-11,14,20-21,26-27,38H,3,12-13H2,1-2H3. The average molecular weight is 616 g/mol. The minimum atomic E-state index is -0.787. The van der Waals surface area contributed by atoms with E-state index in [4.69, 9.17) is 4.74 Å². The smallest absolute Gasteiger partial charge is 0.238 e. The molecule has 1 N–H and O–H groups in total. The number of ether oxygens (including phenoxy) is 1. The Labute approximate surface area is 244 Å². The molecule has 4 atom stereocenters. The monoisotopic (exact) mass is 615 g/mol. The lowest BCUT2D eigenvalue weighted by Crippen LogP contribution is -2.39. The van der Waals surface area contributed by atoms with E-state index in [1.54, 1.807) is 49.4 Å². The summed E-state index contributed by atoms with van der Waals surface area (Å²) in [7, 11) is 0. The first kappa shape index (κ1) is 27.1. The molecule has 1 saturated heterocycles. The van der Waals surface area contributed by atoms with Gasteiger partial charge in [0.05, 0.1) is 28.6 Å². The molecule has 4 aliphatic rings. The Balaban J connectivity index is 1.47. The molecule has 2 amide bonds. The van der Waals surface area contributed by atoms with Crippen LogP contribution in [0, 0.1) is 17.8 Å². The second-order valence-electron chi connectivity index (χ2n) is 10.6. The van der Waals surface area contributed by atoms with Crippen molar-refractivity contribution in [3.8, 4) is 11.5 Å². The molecule has 41 heavy (non-hydrogen) atoms. The number of hydrogen-bond donors (Lipinski definition) is 1. The Morgan fingerprint density at radius 1 is 1.05 bits per heavy atom. The van der Waals surface area contributed by atoms with Crippen molar-refractivity contribution in [3.05, 3.63) is 86.9 Å². The number of hydrogen-bond acceptors (Lipinski definition) is 7. The highest BCUT2D eigenvalue weighted by atomic mass is 79.9. The van der Waals surface area contributed by atoms with Gasteiger partial charge in [0.1, 0.15) is 0 Å². The number of halogens is 1. The molecule has 2 aromatic carbocycles. The summed E-state index contributed by atoms with van der Waals surface area (Å²) in [5, 5.41) is 11.2. The summed E-state index contributed by atoms with van der Waals surface area (Å²) in [6.07, 6.45) is 3.54. The number of anilines is 1. The zero-order valence-electron chi connectivity index (χ0n) is 22.3. The number of allylic oxidation sites excluding steroid dienone is 6. The number of Topliss-reactive ketones (excluding diaryl/α,β-unsaturated/α-hetero) is 2. The van der Waals surface area contributed by atoms with Crippen LogP contribution in [0.5, 0.6) is 11.5 Å². The van der Waals surface area contributed by atoms with E-state index in [-0.39, 0.29) is 69.1 Å². The van der Waals surface area contributed by atoms with Gasteiger partial charge in [-0.25, -0.2) is 0 Å². The molecule has 1 heterocycles. The predicted molar refractivity (Wildman–Crippen MR) is 153 cm³/mol. The molecule has 208 valence electrons. The molecule has 2 aromatic rings. The third-order valence-corrected chi connectivity index (χ3v) is 9.09. The van der Waals surface area contributed by atoms with Gasteiger partial charge in [-0.15, -0.1) is 0 Å². The number of phenols is 1. The summed E-state index contributed by atoms with van der Waals surface area (Å²) in [6.45, 7) is 3.55. The van der Waals surface area contributed by atoms with Crippen molar-refractivity contribution >= 4 is 50.8 Å². The predicted octanol–water partition coefficient (Wildman–Crippen LogP) is 4.96. The number of carbonyl (C=O) groups excluding carboxylic acids is 5. The summed E-state index contributed by atoms with van der Waals surface area (Å²) >= 11 is 3.22. The second-order valence-corrected chi connectivity index (χ2v) is 11.5. The van der Waals surface area contributed by atoms with Crippen LogP contribution in [-0.4, -0.2) is 40.9 Å². The summed E-state index contributed by atoms with van der Waals surface area (Å²) < 4.78 is 5.74. The van der Waals surface area contributed by atoms with E-state index in [0.29, 0.717) is 23.4 Å². The number of aromatic hydroxyl groups is 1. The van der Waals surface area contributed by atoms with E-state index < -0.39 is 23.7 Å². The van der Waals surface area contributed by atoms with E-state index in [1.807, 2.05) is 6.08 Å². The van der Waals surface area contributed by atoms with Gasteiger partial charge in [-0.05, 0) is 78.9 Å². The first-order valence-corrected chi connectivity index (χ1v) is 14.3. The van der Waals surface area contributed by atoms with Crippen LogP contribution in [0.4, 0.5) is 5.69 Å². The molecule has 0 aromatic heterocycles. The quantitative estimate of drug-likeness (QED) is 0.218. The number of rotatable bonds is 5. The van der Waals surface area contributed by atoms with Crippen molar-refractivity contribution < 1.29 is 33.8 Å². The van der Waals surface area contributed by atoms with Crippen LogP contribution in [0.25, 0.3) is 0 Å². The van der Waals surface area contributed by atoms with Crippen molar-refractivity contribution in [2.24, 2.45) is 17.8 Å². The van der Waals surface area contributed by atoms with Gasteiger partial charge in [-0.1, -0.05) is 23.8 Å². The number of imide groups is 1. The number of phenolic OH excluding ortho intramolecular Hbond substituents is 1. The summed E-state index contributed by atoms with van der Waals surface area (Å²) in [6, 6.07) is 11.4. The van der Waals surface area contributed by atoms with E-state index in [1.165, 1.54) is 17.9 Å². The first-order chi connectivity index (χ1) is 19.6. The third-order valence-electron chi connectivity index (χ3n) is 8.50. The Hall–Kier alpha value is -4.11. The van der Waals surface area contributed by atoms with Gasteiger partial charge in [0.2, 0.25) is 11.8 Å². The number of para-hydroxylation sites is 1. The molecule has 1 fully saturated rings. The molecular weight excluding hydrogens is 590 g/mol. The summed E-state index contributed by atoms with van der Waals surface area (Å²) in [5.74, 6) is -4.14. The third kappa shape index (κ3) is 4.13. The van der Waals surface area contributed by atoms with Crippen molar-refractivity contribution in [1.82, 2.24) is 0 Å². The van der Waals surface area contributed by atoms with Gasteiger partial charge in [-0.2, -0.15) is 0 Å². The molecular formula is C32H26BrNO7. The maximum atomic E-state index is 14.0. The van der Waals surface area contributed by atoms with Crippen LogP contribution in [-0.2, 0) is 19.2 Å². The van der Waals surface area contributed by atoms with Crippen molar-refractivity contribution in [2.45, 2.75) is 32.6 Å². The van der Waals surface area contributed by atoms with Crippen LogP contribution in [0.3, 0.4) is 0 Å². The Morgan fingerprint density at radius 2 is 1.78 bits per heavy atom. The van der Waals surface area contributed by atoms with Crippen molar-refractivity contribution in [1.29, 1.82) is 0 Å². The highest BCUT2D eigenvalue weighted by Gasteiger charge is 2.57. The largest absolute Gasteiger partial charge is 0.504 e. The minimum Gasteiger partial charge on any atom is -0.504 e.